The van der Waals surface area contributed by atoms with Crippen molar-refractivity contribution < 1.29 is 9.90 Å². The van der Waals surface area contributed by atoms with Crippen molar-refractivity contribution >= 4 is 28.5 Å². The number of terminal acetylenes is 1. The molecule has 0 radical (unpaired) electrons. The van der Waals surface area contributed by atoms with Crippen molar-refractivity contribution in [1.82, 2.24) is 5.32 Å². The predicted molar refractivity (Wildman–Crippen MR) is 75.8 cm³/mol. The van der Waals surface area contributed by atoms with Gasteiger partial charge in [-0.1, -0.05) is 6.92 Å². The Bertz CT molecular complexity index is 451. The van der Waals surface area contributed by atoms with Crippen LogP contribution in [0.3, 0.4) is 0 Å². The summed E-state index contributed by atoms with van der Waals surface area (Å²) in [7, 11) is 0. The van der Waals surface area contributed by atoms with E-state index in [1.807, 2.05) is 6.92 Å². The van der Waals surface area contributed by atoms with Gasteiger partial charge in [0.2, 0.25) is 0 Å². The van der Waals surface area contributed by atoms with E-state index in [4.69, 9.17) is 6.42 Å². The highest BCUT2D eigenvalue weighted by Gasteiger charge is 2.14. The first-order valence-corrected chi connectivity index (χ1v) is 6.39. The second kappa shape index (κ2) is 6.50. The smallest absolute Gasteiger partial charge is 0.255 e. The number of carbonyl (C=O) groups is 1. The van der Waals surface area contributed by atoms with Gasteiger partial charge in [0, 0.05) is 16.0 Å². The third kappa shape index (κ3) is 3.93. The van der Waals surface area contributed by atoms with Crippen LogP contribution in [0.15, 0.2) is 18.2 Å². The molecule has 17 heavy (non-hydrogen) atoms. The molecule has 1 aromatic carbocycles. The molecule has 0 bridgehead atoms. The molecule has 0 aromatic heterocycles. The minimum absolute atomic E-state index is 0.0153. The number of amides is 1. The molecule has 0 saturated carbocycles. The molecule has 1 atom stereocenters. The first kappa shape index (κ1) is 13.8. The third-order valence-electron chi connectivity index (χ3n) is 2.40. The Morgan fingerprint density at radius 2 is 2.35 bits per heavy atom. The summed E-state index contributed by atoms with van der Waals surface area (Å²) in [5.41, 5.74) is 0.285. The molecule has 1 aromatic rings. The van der Waals surface area contributed by atoms with Crippen LogP contribution in [0, 0.1) is 15.9 Å². The van der Waals surface area contributed by atoms with Gasteiger partial charge in [-0.3, -0.25) is 4.79 Å². The van der Waals surface area contributed by atoms with Gasteiger partial charge in [0.05, 0.1) is 5.56 Å². The molecule has 0 fully saturated rings. The SMILES string of the molecule is C#CCC(CC)NC(=O)c1cc(I)ccc1O. The van der Waals surface area contributed by atoms with Crippen LogP contribution in [-0.4, -0.2) is 17.1 Å². The average molecular weight is 343 g/mol. The van der Waals surface area contributed by atoms with Gasteiger partial charge in [-0.25, -0.2) is 0 Å². The van der Waals surface area contributed by atoms with E-state index in [1.54, 1.807) is 12.1 Å². The van der Waals surface area contributed by atoms with E-state index >= 15 is 0 Å². The number of phenolic OH excluding ortho intramolecular Hbond substituents is 1. The highest BCUT2D eigenvalue weighted by atomic mass is 127. The maximum atomic E-state index is 11.9. The molecule has 0 saturated heterocycles. The molecule has 1 rings (SSSR count). The van der Waals surface area contributed by atoms with E-state index in [0.29, 0.717) is 6.42 Å². The Labute approximate surface area is 115 Å². The Morgan fingerprint density at radius 1 is 1.65 bits per heavy atom. The minimum Gasteiger partial charge on any atom is -0.507 e. The molecular weight excluding hydrogens is 329 g/mol. The van der Waals surface area contributed by atoms with Crippen LogP contribution in [0.25, 0.3) is 0 Å². The minimum atomic E-state index is -0.289. The number of benzene rings is 1. The second-order valence-electron chi connectivity index (χ2n) is 3.65. The quantitative estimate of drug-likeness (QED) is 0.652. The zero-order chi connectivity index (χ0) is 12.8. The lowest BCUT2D eigenvalue weighted by Crippen LogP contribution is -2.34. The third-order valence-corrected chi connectivity index (χ3v) is 3.07. The van der Waals surface area contributed by atoms with Crippen LogP contribution in [0.4, 0.5) is 0 Å². The summed E-state index contributed by atoms with van der Waals surface area (Å²) in [4.78, 5) is 11.9. The second-order valence-corrected chi connectivity index (χ2v) is 4.89. The van der Waals surface area contributed by atoms with Crippen LogP contribution in [0.1, 0.15) is 30.1 Å². The van der Waals surface area contributed by atoms with Gasteiger partial charge in [-0.05, 0) is 47.2 Å². The van der Waals surface area contributed by atoms with Crippen molar-refractivity contribution in [2.24, 2.45) is 0 Å². The van der Waals surface area contributed by atoms with Crippen molar-refractivity contribution in [1.29, 1.82) is 0 Å². The van der Waals surface area contributed by atoms with E-state index in [-0.39, 0.29) is 23.3 Å². The summed E-state index contributed by atoms with van der Waals surface area (Å²) in [6.07, 6.45) is 6.48. The molecule has 1 amide bonds. The standard InChI is InChI=1S/C13H14INO2/c1-3-5-10(4-2)15-13(17)11-8-9(14)6-7-12(11)16/h1,6-8,10,16H,4-5H2,2H3,(H,15,17). The molecule has 0 aliphatic heterocycles. The van der Waals surface area contributed by atoms with Crippen LogP contribution < -0.4 is 5.32 Å². The molecule has 3 nitrogen and oxygen atoms in total. The lowest BCUT2D eigenvalue weighted by molar-refractivity contribution is 0.0934. The molecular formula is C13H14INO2. The zero-order valence-corrected chi connectivity index (χ0v) is 11.7. The number of nitrogens with one attached hydrogen (secondary N) is 1. The topological polar surface area (TPSA) is 49.3 Å². The highest BCUT2D eigenvalue weighted by Crippen LogP contribution is 2.19. The summed E-state index contributed by atoms with van der Waals surface area (Å²) < 4.78 is 0.899. The summed E-state index contributed by atoms with van der Waals surface area (Å²) in [5, 5.41) is 12.4. The van der Waals surface area contributed by atoms with Gasteiger partial charge in [0.1, 0.15) is 5.75 Å². The van der Waals surface area contributed by atoms with Crippen LogP contribution in [0.2, 0.25) is 0 Å². The van der Waals surface area contributed by atoms with Gasteiger partial charge in [0.25, 0.3) is 5.91 Å². The fraction of sp³-hybridized carbons (Fsp3) is 0.308. The predicted octanol–water partition coefficient (Wildman–Crippen LogP) is 2.53. The first-order chi connectivity index (χ1) is 8.08. The number of carbonyl (C=O) groups excluding carboxylic acids is 1. The van der Waals surface area contributed by atoms with E-state index in [1.165, 1.54) is 6.07 Å². The maximum absolute atomic E-state index is 11.9. The summed E-state index contributed by atoms with van der Waals surface area (Å²) >= 11 is 2.09. The van der Waals surface area contributed by atoms with E-state index in [0.717, 1.165) is 9.99 Å². The molecule has 0 aliphatic carbocycles. The van der Waals surface area contributed by atoms with Crippen molar-refractivity contribution in [3.8, 4) is 18.1 Å². The number of hydrogen-bond acceptors (Lipinski definition) is 2. The first-order valence-electron chi connectivity index (χ1n) is 5.31. The summed E-state index contributed by atoms with van der Waals surface area (Å²) in [6.45, 7) is 1.96. The summed E-state index contributed by atoms with van der Waals surface area (Å²) in [6, 6.07) is 4.85. The van der Waals surface area contributed by atoms with Crippen molar-refractivity contribution in [3.05, 3.63) is 27.3 Å². The van der Waals surface area contributed by atoms with Crippen molar-refractivity contribution in [3.63, 3.8) is 0 Å². The molecule has 0 aliphatic rings. The maximum Gasteiger partial charge on any atom is 0.255 e. The molecule has 2 N–H and O–H groups in total. The summed E-state index contributed by atoms with van der Waals surface area (Å²) in [5.74, 6) is 2.22. The Morgan fingerprint density at radius 3 is 2.94 bits per heavy atom. The van der Waals surface area contributed by atoms with Gasteiger partial charge < -0.3 is 10.4 Å². The normalized spacial score (nSPS) is 11.6. The van der Waals surface area contributed by atoms with Gasteiger partial charge in [0.15, 0.2) is 0 Å². The van der Waals surface area contributed by atoms with Crippen molar-refractivity contribution in [2.45, 2.75) is 25.8 Å². The van der Waals surface area contributed by atoms with E-state index in [9.17, 15) is 9.90 Å². The fourth-order valence-electron chi connectivity index (χ4n) is 1.39. The molecule has 4 heteroatoms. The number of hydrogen-bond donors (Lipinski definition) is 2. The van der Waals surface area contributed by atoms with Gasteiger partial charge >= 0.3 is 0 Å². The number of rotatable bonds is 4. The average Bonchev–Trinajstić information content (AvgIpc) is 2.31. The van der Waals surface area contributed by atoms with Gasteiger partial charge in [-0.15, -0.1) is 12.3 Å². The molecule has 0 spiro atoms. The van der Waals surface area contributed by atoms with E-state index in [2.05, 4.69) is 33.8 Å². The highest BCUT2D eigenvalue weighted by molar-refractivity contribution is 14.1. The van der Waals surface area contributed by atoms with Crippen LogP contribution in [-0.2, 0) is 0 Å². The Kier molecular flexibility index (Phi) is 5.29. The lowest BCUT2D eigenvalue weighted by atomic mass is 10.1. The number of phenols is 1. The molecule has 90 valence electrons. The number of halogens is 1. The largest absolute Gasteiger partial charge is 0.507 e. The lowest BCUT2D eigenvalue weighted by Gasteiger charge is -2.14. The van der Waals surface area contributed by atoms with Gasteiger partial charge in [-0.2, -0.15) is 0 Å². The van der Waals surface area contributed by atoms with Crippen molar-refractivity contribution in [2.75, 3.05) is 0 Å². The zero-order valence-electron chi connectivity index (χ0n) is 9.53. The van der Waals surface area contributed by atoms with Crippen LogP contribution >= 0.6 is 22.6 Å². The monoisotopic (exact) mass is 343 g/mol. The van der Waals surface area contributed by atoms with Crippen LogP contribution in [0.5, 0.6) is 5.75 Å². The molecule has 0 heterocycles. The Hall–Kier alpha value is -1.22. The fourth-order valence-corrected chi connectivity index (χ4v) is 1.88. The number of aromatic hydroxyl groups is 1. The Balaban J connectivity index is 2.82. The molecule has 1 unspecified atom stereocenters. The van der Waals surface area contributed by atoms with E-state index < -0.39 is 0 Å².